The Morgan fingerprint density at radius 3 is 2.64 bits per heavy atom. The zero-order valence-corrected chi connectivity index (χ0v) is 25.7. The molecule has 202 valence electrons. The fourth-order valence-corrected chi connectivity index (χ4v) is 4.97. The lowest BCUT2D eigenvalue weighted by atomic mass is 10.1. The molecule has 0 aliphatic rings. The van der Waals surface area contributed by atoms with Gasteiger partial charge in [-0.25, -0.2) is 4.98 Å². The van der Waals surface area contributed by atoms with Crippen molar-refractivity contribution >= 4 is 67.2 Å². The smallest absolute Gasteiger partial charge is 0.282 e. The Bertz CT molecular complexity index is 1600. The highest BCUT2D eigenvalue weighted by atomic mass is 127. The van der Waals surface area contributed by atoms with Gasteiger partial charge in [-0.05, 0) is 84.0 Å². The molecule has 0 fully saturated rings. The summed E-state index contributed by atoms with van der Waals surface area (Å²) >= 11 is 5.56. The normalized spacial score (nSPS) is 12.1. The monoisotopic (exact) mass is 702 g/mol. The standard InChI is InChI=1S/C29H28BrIN4O4/c1-5-18(3)28-34-24-11-8-20(30)14-22(24)29(37)35(28)32-15-19-12-23(31)27(25(13-19)38-4)39-16-26(36)33-21-9-6-17(2)7-10-21/h6-15,18H,5,16H2,1-4H3,(H,33,36)/t18-/m1/s1. The Balaban J connectivity index is 1.60. The quantitative estimate of drug-likeness (QED) is 0.159. The summed E-state index contributed by atoms with van der Waals surface area (Å²) in [5.41, 5.74) is 2.90. The first-order chi connectivity index (χ1) is 18.7. The van der Waals surface area contributed by atoms with Crippen LogP contribution in [0.2, 0.25) is 0 Å². The molecule has 1 aromatic heterocycles. The molecule has 0 spiro atoms. The molecule has 0 unspecified atom stereocenters. The van der Waals surface area contributed by atoms with Crippen molar-refractivity contribution in [2.24, 2.45) is 5.10 Å². The van der Waals surface area contributed by atoms with Gasteiger partial charge in [0, 0.05) is 16.1 Å². The maximum Gasteiger partial charge on any atom is 0.282 e. The number of fused-ring (bicyclic) bond motifs is 1. The number of amides is 1. The van der Waals surface area contributed by atoms with E-state index in [1.165, 1.54) is 11.8 Å². The van der Waals surface area contributed by atoms with Gasteiger partial charge in [-0.1, -0.05) is 47.5 Å². The van der Waals surface area contributed by atoms with Gasteiger partial charge in [0.15, 0.2) is 18.1 Å². The average Bonchev–Trinajstić information content (AvgIpc) is 2.92. The maximum atomic E-state index is 13.4. The number of methoxy groups -OCH3 is 1. The Morgan fingerprint density at radius 2 is 1.95 bits per heavy atom. The molecule has 1 N–H and O–H groups in total. The van der Waals surface area contributed by atoms with Crippen molar-refractivity contribution in [3.63, 3.8) is 0 Å². The van der Waals surface area contributed by atoms with Gasteiger partial charge in [-0.3, -0.25) is 9.59 Å². The zero-order valence-electron chi connectivity index (χ0n) is 22.0. The summed E-state index contributed by atoms with van der Waals surface area (Å²) in [7, 11) is 1.53. The topological polar surface area (TPSA) is 94.8 Å². The van der Waals surface area contributed by atoms with Crippen LogP contribution in [0.1, 0.15) is 43.1 Å². The molecule has 4 rings (SSSR count). The van der Waals surface area contributed by atoms with Crippen molar-refractivity contribution in [3.05, 3.63) is 89.9 Å². The van der Waals surface area contributed by atoms with Crippen LogP contribution in [0.4, 0.5) is 5.69 Å². The lowest BCUT2D eigenvalue weighted by Gasteiger charge is -2.15. The van der Waals surface area contributed by atoms with Crippen LogP contribution in [-0.4, -0.2) is 35.5 Å². The molecule has 0 aliphatic carbocycles. The summed E-state index contributed by atoms with van der Waals surface area (Å²) in [5.74, 6) is 1.23. The number of carbonyl (C=O) groups excluding carboxylic acids is 1. The summed E-state index contributed by atoms with van der Waals surface area (Å²) < 4.78 is 14.3. The summed E-state index contributed by atoms with van der Waals surface area (Å²) in [5, 5.41) is 7.83. The molecule has 0 aliphatic heterocycles. The van der Waals surface area contributed by atoms with Crippen molar-refractivity contribution < 1.29 is 14.3 Å². The number of anilines is 1. The average molecular weight is 703 g/mol. The van der Waals surface area contributed by atoms with Crippen LogP contribution in [0.25, 0.3) is 10.9 Å². The number of nitrogens with zero attached hydrogens (tertiary/aromatic N) is 3. The van der Waals surface area contributed by atoms with E-state index < -0.39 is 0 Å². The van der Waals surface area contributed by atoms with Crippen LogP contribution in [0.15, 0.2) is 69.0 Å². The van der Waals surface area contributed by atoms with Gasteiger partial charge in [0.25, 0.3) is 11.5 Å². The van der Waals surface area contributed by atoms with Crippen LogP contribution >= 0.6 is 38.5 Å². The summed E-state index contributed by atoms with van der Waals surface area (Å²) in [6.07, 6.45) is 2.40. The third kappa shape index (κ3) is 6.85. The molecule has 3 aromatic carbocycles. The number of nitrogens with one attached hydrogen (secondary N) is 1. The second-order valence-corrected chi connectivity index (χ2v) is 11.1. The van der Waals surface area contributed by atoms with Crippen molar-refractivity contribution in [2.75, 3.05) is 19.0 Å². The lowest BCUT2D eigenvalue weighted by Crippen LogP contribution is -2.23. The minimum Gasteiger partial charge on any atom is -0.493 e. The predicted molar refractivity (Wildman–Crippen MR) is 166 cm³/mol. The van der Waals surface area contributed by atoms with Gasteiger partial charge in [-0.2, -0.15) is 9.78 Å². The number of ether oxygens (including phenoxy) is 2. The van der Waals surface area contributed by atoms with Crippen molar-refractivity contribution in [1.82, 2.24) is 9.66 Å². The molecule has 1 heterocycles. The minimum atomic E-state index is -0.283. The molecular formula is C29H28BrIN4O4. The van der Waals surface area contributed by atoms with Crippen LogP contribution in [0.5, 0.6) is 11.5 Å². The van der Waals surface area contributed by atoms with Crippen LogP contribution in [0.3, 0.4) is 0 Å². The summed E-state index contributed by atoms with van der Waals surface area (Å²) in [4.78, 5) is 30.6. The third-order valence-electron chi connectivity index (χ3n) is 6.14. The van der Waals surface area contributed by atoms with Crippen LogP contribution in [-0.2, 0) is 4.79 Å². The van der Waals surface area contributed by atoms with E-state index in [2.05, 4.69) is 48.9 Å². The van der Waals surface area contributed by atoms with Crippen LogP contribution in [0, 0.1) is 10.5 Å². The summed E-state index contributed by atoms with van der Waals surface area (Å²) in [6.45, 7) is 5.87. The summed E-state index contributed by atoms with van der Waals surface area (Å²) in [6, 6.07) is 16.6. The van der Waals surface area contributed by atoms with Crippen molar-refractivity contribution in [2.45, 2.75) is 33.1 Å². The molecule has 4 aromatic rings. The van der Waals surface area contributed by atoms with Gasteiger partial charge in [0.1, 0.15) is 5.82 Å². The number of halogens is 2. The van der Waals surface area contributed by atoms with Gasteiger partial charge in [-0.15, -0.1) is 0 Å². The third-order valence-corrected chi connectivity index (χ3v) is 7.44. The number of aromatic nitrogens is 2. The molecular weight excluding hydrogens is 675 g/mol. The molecule has 1 amide bonds. The van der Waals surface area contributed by atoms with Crippen LogP contribution < -0.4 is 20.3 Å². The molecule has 39 heavy (non-hydrogen) atoms. The highest BCUT2D eigenvalue weighted by molar-refractivity contribution is 14.1. The first-order valence-corrected chi connectivity index (χ1v) is 14.2. The molecule has 8 nitrogen and oxygen atoms in total. The fourth-order valence-electron chi connectivity index (χ4n) is 3.83. The highest BCUT2D eigenvalue weighted by Gasteiger charge is 2.17. The Hall–Kier alpha value is -3.25. The SMILES string of the molecule is CC[C@@H](C)c1nc2ccc(Br)cc2c(=O)n1N=Cc1cc(I)c(OCC(=O)Nc2ccc(C)cc2)c(OC)c1. The highest BCUT2D eigenvalue weighted by Crippen LogP contribution is 2.33. The largest absolute Gasteiger partial charge is 0.493 e. The van der Waals surface area contributed by atoms with E-state index >= 15 is 0 Å². The first kappa shape index (κ1) is 28.8. The molecule has 10 heteroatoms. The molecule has 1 atom stereocenters. The fraction of sp³-hybridized carbons (Fsp3) is 0.241. The number of aryl methyl sites for hydroxylation is 1. The van der Waals surface area contributed by atoms with Gasteiger partial charge in [0.05, 0.1) is 27.8 Å². The molecule has 0 bridgehead atoms. The maximum absolute atomic E-state index is 13.4. The van der Waals surface area contributed by atoms with E-state index in [9.17, 15) is 9.59 Å². The molecule has 0 radical (unpaired) electrons. The van der Waals surface area contributed by atoms with E-state index in [-0.39, 0.29) is 24.0 Å². The molecule has 0 saturated heterocycles. The van der Waals surface area contributed by atoms with Crippen molar-refractivity contribution in [1.29, 1.82) is 0 Å². The Kier molecular flexibility index (Phi) is 9.39. The van der Waals surface area contributed by atoms with Gasteiger partial charge < -0.3 is 14.8 Å². The predicted octanol–water partition coefficient (Wildman–Crippen LogP) is 6.49. The minimum absolute atomic E-state index is 0.0272. The second-order valence-electron chi connectivity index (χ2n) is 9.04. The number of rotatable bonds is 9. The van der Waals surface area contributed by atoms with E-state index in [1.807, 2.05) is 63.2 Å². The molecule has 0 saturated carbocycles. The Labute approximate surface area is 248 Å². The van der Waals surface area contributed by atoms with E-state index in [0.717, 1.165) is 20.0 Å². The van der Waals surface area contributed by atoms with Gasteiger partial charge >= 0.3 is 0 Å². The number of hydrogen-bond acceptors (Lipinski definition) is 6. The van der Waals surface area contributed by atoms with E-state index in [1.54, 1.807) is 18.3 Å². The number of carbonyl (C=O) groups is 1. The zero-order chi connectivity index (χ0) is 28.1. The second kappa shape index (κ2) is 12.7. The van der Waals surface area contributed by atoms with E-state index in [0.29, 0.717) is 39.5 Å². The van der Waals surface area contributed by atoms with E-state index in [4.69, 9.17) is 14.5 Å². The lowest BCUT2D eigenvalue weighted by molar-refractivity contribution is -0.118. The number of benzene rings is 3. The van der Waals surface area contributed by atoms with Crippen molar-refractivity contribution in [3.8, 4) is 11.5 Å². The van der Waals surface area contributed by atoms with Gasteiger partial charge in [0.2, 0.25) is 0 Å². The Morgan fingerprint density at radius 1 is 1.21 bits per heavy atom. The number of hydrogen-bond donors (Lipinski definition) is 1. The first-order valence-electron chi connectivity index (χ1n) is 12.3.